The SMILES string of the molecule is CNCC(CNCC1CCCO1)C(C)C. The maximum atomic E-state index is 5.58. The Morgan fingerprint density at radius 2 is 2.13 bits per heavy atom. The summed E-state index contributed by atoms with van der Waals surface area (Å²) in [6.45, 7) is 8.74. The van der Waals surface area contributed by atoms with Crippen LogP contribution in [0.25, 0.3) is 0 Å². The topological polar surface area (TPSA) is 33.3 Å². The largest absolute Gasteiger partial charge is 0.377 e. The van der Waals surface area contributed by atoms with E-state index >= 15 is 0 Å². The van der Waals surface area contributed by atoms with E-state index in [9.17, 15) is 0 Å². The normalized spacial score (nSPS) is 23.6. The molecule has 1 heterocycles. The summed E-state index contributed by atoms with van der Waals surface area (Å²) in [7, 11) is 2.02. The zero-order valence-electron chi connectivity index (χ0n) is 10.4. The molecule has 1 aliphatic heterocycles. The molecule has 1 saturated heterocycles. The summed E-state index contributed by atoms with van der Waals surface area (Å²) in [6, 6.07) is 0. The summed E-state index contributed by atoms with van der Waals surface area (Å²) in [4.78, 5) is 0. The highest BCUT2D eigenvalue weighted by molar-refractivity contribution is 4.72. The molecular formula is C12H26N2O. The van der Waals surface area contributed by atoms with Crippen LogP contribution in [0.15, 0.2) is 0 Å². The summed E-state index contributed by atoms with van der Waals surface area (Å²) in [5.74, 6) is 1.45. The molecule has 0 aromatic rings. The van der Waals surface area contributed by atoms with E-state index in [0.29, 0.717) is 6.10 Å². The Morgan fingerprint density at radius 3 is 2.67 bits per heavy atom. The lowest BCUT2D eigenvalue weighted by Crippen LogP contribution is -2.36. The number of ether oxygens (including phenoxy) is 1. The van der Waals surface area contributed by atoms with Crippen LogP contribution >= 0.6 is 0 Å². The molecule has 0 aromatic carbocycles. The third-order valence-corrected chi connectivity index (χ3v) is 3.21. The van der Waals surface area contributed by atoms with E-state index in [1.165, 1.54) is 12.8 Å². The van der Waals surface area contributed by atoms with Crippen LogP contribution in [0.5, 0.6) is 0 Å². The highest BCUT2D eigenvalue weighted by atomic mass is 16.5. The van der Waals surface area contributed by atoms with Crippen molar-refractivity contribution >= 4 is 0 Å². The van der Waals surface area contributed by atoms with Crippen LogP contribution in [0.4, 0.5) is 0 Å². The monoisotopic (exact) mass is 214 g/mol. The molecule has 0 spiro atoms. The van der Waals surface area contributed by atoms with Gasteiger partial charge in [-0.1, -0.05) is 13.8 Å². The van der Waals surface area contributed by atoms with Gasteiger partial charge in [-0.05, 0) is 44.8 Å². The van der Waals surface area contributed by atoms with Crippen LogP contribution in [0.2, 0.25) is 0 Å². The van der Waals surface area contributed by atoms with Crippen molar-refractivity contribution in [1.29, 1.82) is 0 Å². The van der Waals surface area contributed by atoms with Gasteiger partial charge >= 0.3 is 0 Å². The fraction of sp³-hybridized carbons (Fsp3) is 1.00. The molecule has 0 bridgehead atoms. The minimum absolute atomic E-state index is 0.465. The second-order valence-corrected chi connectivity index (χ2v) is 4.86. The predicted octanol–water partition coefficient (Wildman–Crippen LogP) is 1.25. The standard InChI is InChI=1S/C12H26N2O/c1-10(2)11(7-13-3)8-14-9-12-5-4-6-15-12/h10-14H,4-9H2,1-3H3. The minimum atomic E-state index is 0.465. The Bertz CT molecular complexity index is 156. The van der Waals surface area contributed by atoms with E-state index in [-0.39, 0.29) is 0 Å². The van der Waals surface area contributed by atoms with E-state index in [2.05, 4.69) is 24.5 Å². The molecular weight excluding hydrogens is 188 g/mol. The fourth-order valence-corrected chi connectivity index (χ4v) is 2.04. The number of rotatable bonds is 7. The summed E-state index contributed by atoms with van der Waals surface area (Å²) < 4.78 is 5.58. The van der Waals surface area contributed by atoms with Gasteiger partial charge in [-0.15, -0.1) is 0 Å². The first-order valence-electron chi connectivity index (χ1n) is 6.21. The summed E-state index contributed by atoms with van der Waals surface area (Å²) in [6.07, 6.45) is 2.93. The van der Waals surface area contributed by atoms with Gasteiger partial charge in [0.1, 0.15) is 0 Å². The summed E-state index contributed by atoms with van der Waals surface area (Å²) >= 11 is 0. The molecule has 15 heavy (non-hydrogen) atoms. The van der Waals surface area contributed by atoms with Crippen molar-refractivity contribution in [1.82, 2.24) is 10.6 Å². The Labute approximate surface area is 94.0 Å². The van der Waals surface area contributed by atoms with Gasteiger partial charge in [-0.3, -0.25) is 0 Å². The Hall–Kier alpha value is -0.120. The molecule has 2 unspecified atom stereocenters. The molecule has 0 aromatic heterocycles. The summed E-state index contributed by atoms with van der Waals surface area (Å²) in [5.41, 5.74) is 0. The van der Waals surface area contributed by atoms with Gasteiger partial charge in [-0.25, -0.2) is 0 Å². The highest BCUT2D eigenvalue weighted by Crippen LogP contribution is 2.12. The first-order valence-corrected chi connectivity index (χ1v) is 6.21. The lowest BCUT2D eigenvalue weighted by Gasteiger charge is -2.22. The maximum absolute atomic E-state index is 5.58. The number of nitrogens with one attached hydrogen (secondary N) is 2. The van der Waals surface area contributed by atoms with E-state index in [0.717, 1.165) is 38.1 Å². The van der Waals surface area contributed by atoms with E-state index in [1.807, 2.05) is 7.05 Å². The van der Waals surface area contributed by atoms with Crippen LogP contribution in [0.1, 0.15) is 26.7 Å². The Kier molecular flexibility index (Phi) is 6.22. The van der Waals surface area contributed by atoms with Crippen molar-refractivity contribution < 1.29 is 4.74 Å². The van der Waals surface area contributed by atoms with Crippen molar-refractivity contribution in [2.75, 3.05) is 33.3 Å². The molecule has 1 aliphatic rings. The van der Waals surface area contributed by atoms with Gasteiger partial charge in [0, 0.05) is 13.2 Å². The molecule has 90 valence electrons. The van der Waals surface area contributed by atoms with Gasteiger partial charge in [0.25, 0.3) is 0 Å². The van der Waals surface area contributed by atoms with Gasteiger partial charge in [-0.2, -0.15) is 0 Å². The van der Waals surface area contributed by atoms with Crippen LogP contribution in [-0.4, -0.2) is 39.4 Å². The van der Waals surface area contributed by atoms with Gasteiger partial charge in [0.2, 0.25) is 0 Å². The zero-order valence-corrected chi connectivity index (χ0v) is 10.4. The average Bonchev–Trinajstić information content (AvgIpc) is 2.69. The van der Waals surface area contributed by atoms with Crippen LogP contribution in [0, 0.1) is 11.8 Å². The van der Waals surface area contributed by atoms with Crippen molar-refractivity contribution in [3.63, 3.8) is 0 Å². The lowest BCUT2D eigenvalue weighted by molar-refractivity contribution is 0.108. The van der Waals surface area contributed by atoms with E-state index < -0.39 is 0 Å². The Morgan fingerprint density at radius 1 is 1.33 bits per heavy atom. The van der Waals surface area contributed by atoms with Gasteiger partial charge in [0.15, 0.2) is 0 Å². The average molecular weight is 214 g/mol. The van der Waals surface area contributed by atoms with Crippen molar-refractivity contribution in [2.24, 2.45) is 11.8 Å². The van der Waals surface area contributed by atoms with Crippen molar-refractivity contribution in [3.8, 4) is 0 Å². The first-order chi connectivity index (χ1) is 7.24. The molecule has 0 amide bonds. The fourth-order valence-electron chi connectivity index (χ4n) is 2.04. The van der Waals surface area contributed by atoms with Gasteiger partial charge < -0.3 is 15.4 Å². The predicted molar refractivity (Wildman–Crippen MR) is 64.1 cm³/mol. The second-order valence-electron chi connectivity index (χ2n) is 4.86. The molecule has 1 fully saturated rings. The van der Waals surface area contributed by atoms with E-state index in [4.69, 9.17) is 4.74 Å². The molecule has 0 aliphatic carbocycles. The van der Waals surface area contributed by atoms with E-state index in [1.54, 1.807) is 0 Å². The quantitative estimate of drug-likeness (QED) is 0.669. The lowest BCUT2D eigenvalue weighted by atomic mass is 9.96. The number of hydrogen-bond donors (Lipinski definition) is 2. The van der Waals surface area contributed by atoms with Crippen molar-refractivity contribution in [3.05, 3.63) is 0 Å². The summed E-state index contributed by atoms with van der Waals surface area (Å²) in [5, 5.41) is 6.78. The molecule has 3 nitrogen and oxygen atoms in total. The maximum Gasteiger partial charge on any atom is 0.0700 e. The smallest absolute Gasteiger partial charge is 0.0700 e. The zero-order chi connectivity index (χ0) is 11.1. The minimum Gasteiger partial charge on any atom is -0.377 e. The third kappa shape index (κ3) is 4.96. The molecule has 0 saturated carbocycles. The molecule has 2 N–H and O–H groups in total. The highest BCUT2D eigenvalue weighted by Gasteiger charge is 2.16. The number of hydrogen-bond acceptors (Lipinski definition) is 3. The third-order valence-electron chi connectivity index (χ3n) is 3.21. The molecule has 3 heteroatoms. The van der Waals surface area contributed by atoms with Crippen LogP contribution in [-0.2, 0) is 4.74 Å². The molecule has 2 atom stereocenters. The van der Waals surface area contributed by atoms with Crippen LogP contribution < -0.4 is 10.6 Å². The Balaban J connectivity index is 2.09. The first kappa shape index (κ1) is 12.9. The second kappa shape index (κ2) is 7.20. The molecule has 1 rings (SSSR count). The molecule has 0 radical (unpaired) electrons. The van der Waals surface area contributed by atoms with Gasteiger partial charge in [0.05, 0.1) is 6.10 Å². The van der Waals surface area contributed by atoms with Crippen molar-refractivity contribution in [2.45, 2.75) is 32.8 Å². The van der Waals surface area contributed by atoms with Crippen LogP contribution in [0.3, 0.4) is 0 Å².